The van der Waals surface area contributed by atoms with Crippen molar-refractivity contribution in [3.63, 3.8) is 0 Å². The molecule has 22 heavy (non-hydrogen) atoms. The third-order valence-electron chi connectivity index (χ3n) is 5.15. The van der Waals surface area contributed by atoms with Crippen molar-refractivity contribution < 1.29 is 4.79 Å². The highest BCUT2D eigenvalue weighted by Gasteiger charge is 2.34. The number of aromatic nitrogens is 3. The van der Waals surface area contributed by atoms with Crippen molar-refractivity contribution in [2.75, 3.05) is 33.2 Å². The Hall–Kier alpha value is -1.95. The molecule has 1 amide bonds. The van der Waals surface area contributed by atoms with Gasteiger partial charge in [-0.15, -0.1) is 0 Å². The van der Waals surface area contributed by atoms with E-state index in [1.807, 2.05) is 23.1 Å². The van der Waals surface area contributed by atoms with Crippen molar-refractivity contribution in [2.45, 2.75) is 12.8 Å². The fourth-order valence-electron chi connectivity index (χ4n) is 3.94. The van der Waals surface area contributed by atoms with E-state index in [0.717, 1.165) is 48.8 Å². The molecule has 0 aliphatic carbocycles. The number of hydrogen-bond donors (Lipinski definition) is 1. The summed E-state index contributed by atoms with van der Waals surface area (Å²) in [6.07, 6.45) is 2.24. The molecular formula is C16H21N5O. The number of aromatic amines is 1. The van der Waals surface area contributed by atoms with E-state index in [9.17, 15) is 4.79 Å². The summed E-state index contributed by atoms with van der Waals surface area (Å²) in [5.74, 6) is 1.62. The topological polar surface area (TPSA) is 65.1 Å². The van der Waals surface area contributed by atoms with Crippen LogP contribution in [-0.2, 0) is 0 Å². The van der Waals surface area contributed by atoms with Gasteiger partial charge in [-0.25, -0.2) is 0 Å². The molecule has 0 spiro atoms. The van der Waals surface area contributed by atoms with Gasteiger partial charge in [-0.1, -0.05) is 0 Å². The van der Waals surface area contributed by atoms with E-state index in [1.54, 1.807) is 0 Å². The van der Waals surface area contributed by atoms with Crippen molar-refractivity contribution in [3.8, 4) is 0 Å². The predicted octanol–water partition coefficient (Wildman–Crippen LogP) is 1.37. The van der Waals surface area contributed by atoms with E-state index in [4.69, 9.17) is 0 Å². The van der Waals surface area contributed by atoms with Crippen LogP contribution in [0.5, 0.6) is 0 Å². The second-order valence-corrected chi connectivity index (χ2v) is 6.64. The molecule has 2 aliphatic heterocycles. The van der Waals surface area contributed by atoms with Crippen molar-refractivity contribution in [1.29, 1.82) is 0 Å². The predicted molar refractivity (Wildman–Crippen MR) is 83.5 cm³/mol. The molecule has 2 fully saturated rings. The van der Waals surface area contributed by atoms with Crippen molar-refractivity contribution in [1.82, 2.24) is 25.2 Å². The average molecular weight is 299 g/mol. The summed E-state index contributed by atoms with van der Waals surface area (Å²) < 4.78 is 0. The quantitative estimate of drug-likeness (QED) is 0.864. The first-order valence-corrected chi connectivity index (χ1v) is 7.99. The number of nitrogens with one attached hydrogen (secondary N) is 1. The maximum absolute atomic E-state index is 12.8. The Kier molecular flexibility index (Phi) is 3.33. The zero-order valence-corrected chi connectivity index (χ0v) is 12.8. The normalized spacial score (nSPS) is 26.1. The van der Waals surface area contributed by atoms with Crippen LogP contribution in [-0.4, -0.2) is 64.3 Å². The SMILES string of the molecule is CN1CC2CCN(C(=O)c3ccc4n[nH]nc4c3)CCC2C1. The Morgan fingerprint density at radius 3 is 2.55 bits per heavy atom. The second-order valence-electron chi connectivity index (χ2n) is 6.64. The summed E-state index contributed by atoms with van der Waals surface area (Å²) in [6.45, 7) is 4.09. The van der Waals surface area contributed by atoms with Crippen LogP contribution in [0.2, 0.25) is 0 Å². The number of amides is 1. The van der Waals surface area contributed by atoms with Crippen LogP contribution < -0.4 is 0 Å². The summed E-state index contributed by atoms with van der Waals surface area (Å²) in [5, 5.41) is 10.7. The molecule has 0 saturated carbocycles. The van der Waals surface area contributed by atoms with Crippen LogP contribution in [0.1, 0.15) is 23.2 Å². The zero-order chi connectivity index (χ0) is 15.1. The van der Waals surface area contributed by atoms with Gasteiger partial charge in [0.2, 0.25) is 0 Å². The fourth-order valence-corrected chi connectivity index (χ4v) is 3.94. The highest BCUT2D eigenvalue weighted by atomic mass is 16.2. The molecule has 6 nitrogen and oxygen atoms in total. The molecule has 6 heteroatoms. The van der Waals surface area contributed by atoms with Crippen molar-refractivity contribution in [3.05, 3.63) is 23.8 Å². The third kappa shape index (κ3) is 2.37. The summed E-state index contributed by atoms with van der Waals surface area (Å²) in [4.78, 5) is 17.2. The number of carbonyl (C=O) groups is 1. The highest BCUT2D eigenvalue weighted by Crippen LogP contribution is 2.31. The van der Waals surface area contributed by atoms with Crippen LogP contribution >= 0.6 is 0 Å². The van der Waals surface area contributed by atoms with E-state index in [-0.39, 0.29) is 5.91 Å². The standard InChI is InChI=1S/C16H21N5O/c1-20-9-12-4-6-21(7-5-13(12)10-20)16(22)11-2-3-14-15(8-11)18-19-17-14/h2-3,8,12-13H,4-7,9-10H2,1H3,(H,17,18,19). The van der Waals surface area contributed by atoms with Gasteiger partial charge < -0.3 is 9.80 Å². The summed E-state index contributed by atoms with van der Waals surface area (Å²) in [7, 11) is 2.20. The van der Waals surface area contributed by atoms with Crippen LogP contribution in [0.3, 0.4) is 0 Å². The van der Waals surface area contributed by atoms with Gasteiger partial charge in [0.1, 0.15) is 11.0 Å². The van der Waals surface area contributed by atoms with Gasteiger partial charge >= 0.3 is 0 Å². The lowest BCUT2D eigenvalue weighted by molar-refractivity contribution is 0.0757. The maximum atomic E-state index is 12.8. The van der Waals surface area contributed by atoms with Gasteiger partial charge in [0.25, 0.3) is 5.91 Å². The van der Waals surface area contributed by atoms with Gasteiger partial charge in [0.05, 0.1) is 0 Å². The minimum atomic E-state index is 0.123. The Morgan fingerprint density at radius 2 is 1.82 bits per heavy atom. The van der Waals surface area contributed by atoms with Gasteiger partial charge in [0, 0.05) is 31.7 Å². The van der Waals surface area contributed by atoms with E-state index < -0.39 is 0 Å². The molecule has 2 saturated heterocycles. The first-order valence-electron chi connectivity index (χ1n) is 7.99. The Balaban J connectivity index is 1.50. The van der Waals surface area contributed by atoms with Gasteiger partial charge in [-0.05, 0) is 49.9 Å². The second kappa shape index (κ2) is 5.35. The minimum absolute atomic E-state index is 0.123. The highest BCUT2D eigenvalue weighted by molar-refractivity contribution is 5.97. The molecule has 1 N–H and O–H groups in total. The van der Waals surface area contributed by atoms with E-state index >= 15 is 0 Å². The zero-order valence-electron chi connectivity index (χ0n) is 12.8. The molecule has 2 aliphatic rings. The summed E-state index contributed by atoms with van der Waals surface area (Å²) >= 11 is 0. The monoisotopic (exact) mass is 299 g/mol. The Bertz CT molecular complexity index is 681. The Labute approximate surface area is 129 Å². The number of rotatable bonds is 1. The van der Waals surface area contributed by atoms with E-state index in [0.29, 0.717) is 5.56 Å². The van der Waals surface area contributed by atoms with Gasteiger partial charge in [-0.2, -0.15) is 15.4 Å². The van der Waals surface area contributed by atoms with Crippen LogP contribution in [0.4, 0.5) is 0 Å². The summed E-state index contributed by atoms with van der Waals surface area (Å²) in [6, 6.07) is 5.54. The lowest BCUT2D eigenvalue weighted by Crippen LogP contribution is -2.32. The van der Waals surface area contributed by atoms with Crippen molar-refractivity contribution in [2.24, 2.45) is 11.8 Å². The number of H-pyrrole nitrogens is 1. The van der Waals surface area contributed by atoms with Crippen LogP contribution in [0, 0.1) is 11.8 Å². The third-order valence-corrected chi connectivity index (χ3v) is 5.15. The molecule has 4 rings (SSSR count). The number of likely N-dealkylation sites (tertiary alicyclic amines) is 2. The summed E-state index contributed by atoms with van der Waals surface area (Å²) in [5.41, 5.74) is 2.26. The number of nitrogens with zero attached hydrogens (tertiary/aromatic N) is 4. The van der Waals surface area contributed by atoms with Gasteiger partial charge in [0.15, 0.2) is 0 Å². The molecule has 0 bridgehead atoms. The van der Waals surface area contributed by atoms with E-state index in [2.05, 4.69) is 27.4 Å². The maximum Gasteiger partial charge on any atom is 0.253 e. The number of benzene rings is 1. The molecule has 1 aromatic carbocycles. The first kappa shape index (κ1) is 13.7. The van der Waals surface area contributed by atoms with E-state index in [1.165, 1.54) is 13.1 Å². The molecule has 1 aromatic heterocycles. The molecule has 2 aromatic rings. The number of hydrogen-bond acceptors (Lipinski definition) is 4. The van der Waals surface area contributed by atoms with Crippen LogP contribution in [0.15, 0.2) is 18.2 Å². The number of fused-ring (bicyclic) bond motifs is 2. The van der Waals surface area contributed by atoms with Crippen molar-refractivity contribution >= 4 is 16.9 Å². The molecule has 0 radical (unpaired) electrons. The molecule has 2 atom stereocenters. The lowest BCUT2D eigenvalue weighted by Gasteiger charge is -2.21. The smallest absolute Gasteiger partial charge is 0.253 e. The minimum Gasteiger partial charge on any atom is -0.339 e. The molecule has 116 valence electrons. The number of carbonyl (C=O) groups excluding carboxylic acids is 1. The average Bonchev–Trinajstić information content (AvgIpc) is 3.07. The molecular weight excluding hydrogens is 278 g/mol. The largest absolute Gasteiger partial charge is 0.339 e. The first-order chi connectivity index (χ1) is 10.7. The lowest BCUT2D eigenvalue weighted by atomic mass is 9.92. The molecule has 2 unspecified atom stereocenters. The fraction of sp³-hybridized carbons (Fsp3) is 0.562. The molecule has 3 heterocycles. The van der Waals surface area contributed by atoms with Gasteiger partial charge in [-0.3, -0.25) is 4.79 Å². The Morgan fingerprint density at radius 1 is 1.14 bits per heavy atom. The van der Waals surface area contributed by atoms with Crippen LogP contribution in [0.25, 0.3) is 11.0 Å².